The van der Waals surface area contributed by atoms with Gasteiger partial charge >= 0.3 is 0 Å². The number of thioether (sulfide) groups is 1. The summed E-state index contributed by atoms with van der Waals surface area (Å²) in [6.07, 6.45) is 1.73. The van der Waals surface area contributed by atoms with E-state index in [1.165, 1.54) is 10.5 Å². The number of hydrogen-bond donors (Lipinski definition) is 1. The van der Waals surface area contributed by atoms with Crippen LogP contribution in [0.1, 0.15) is 5.56 Å². The summed E-state index contributed by atoms with van der Waals surface area (Å²) in [5.74, 6) is 0. The molecule has 1 nitrogen and oxygen atoms in total. The Balaban J connectivity index is 2.53. The Morgan fingerprint density at radius 2 is 2.00 bits per heavy atom. The van der Waals surface area contributed by atoms with Gasteiger partial charge in [-0.25, -0.2) is 0 Å². The molecule has 12 heavy (non-hydrogen) atoms. The van der Waals surface area contributed by atoms with E-state index in [0.29, 0.717) is 0 Å². The van der Waals surface area contributed by atoms with Crippen LogP contribution in [0.5, 0.6) is 0 Å². The van der Waals surface area contributed by atoms with Gasteiger partial charge in [-0.05, 0) is 24.5 Å². The lowest BCUT2D eigenvalue weighted by Crippen LogP contribution is -1.72. The zero-order chi connectivity index (χ0) is 8.81. The summed E-state index contributed by atoms with van der Waals surface area (Å²) in [4.78, 5) is 1.20. The number of benzene rings is 1. The molecule has 0 bridgehead atoms. The first-order valence-corrected chi connectivity index (χ1v) is 4.70. The lowest BCUT2D eigenvalue weighted by Gasteiger charge is -1.95. The van der Waals surface area contributed by atoms with Gasteiger partial charge in [0, 0.05) is 4.90 Å². The number of aliphatic hydroxyl groups is 1. The van der Waals surface area contributed by atoms with Crippen molar-refractivity contribution in [2.75, 3.05) is 6.61 Å². The highest BCUT2D eigenvalue weighted by Crippen LogP contribution is 2.18. The summed E-state index contributed by atoms with van der Waals surface area (Å²) in [7, 11) is 0. The van der Waals surface area contributed by atoms with Crippen molar-refractivity contribution in [3.8, 4) is 0 Å². The molecule has 1 rings (SSSR count). The molecule has 0 aliphatic rings. The second-order valence-electron chi connectivity index (χ2n) is 2.49. The predicted octanol–water partition coefficient (Wildman–Crippen LogP) is 2.59. The molecule has 1 aromatic carbocycles. The van der Waals surface area contributed by atoms with Crippen molar-refractivity contribution >= 4 is 11.8 Å². The largest absolute Gasteiger partial charge is 0.392 e. The minimum Gasteiger partial charge on any atom is -0.392 e. The molecule has 0 heterocycles. The summed E-state index contributed by atoms with van der Waals surface area (Å²) < 4.78 is 0. The molecule has 1 aromatic rings. The Morgan fingerprint density at radius 1 is 1.33 bits per heavy atom. The molecule has 0 saturated carbocycles. The molecular weight excluding hydrogens is 168 g/mol. The van der Waals surface area contributed by atoms with Crippen molar-refractivity contribution in [2.45, 2.75) is 11.8 Å². The first-order valence-electron chi connectivity index (χ1n) is 3.82. The van der Waals surface area contributed by atoms with Gasteiger partial charge in [-0.1, -0.05) is 35.5 Å². The van der Waals surface area contributed by atoms with Crippen molar-refractivity contribution in [3.05, 3.63) is 41.3 Å². The lowest BCUT2D eigenvalue weighted by atomic mass is 10.2. The third kappa shape index (κ3) is 3.11. The second kappa shape index (κ2) is 5.01. The molecular formula is C10H12OS. The molecule has 1 N–H and O–H groups in total. The Hall–Kier alpha value is -0.730. The number of hydrogen-bond acceptors (Lipinski definition) is 2. The van der Waals surface area contributed by atoms with Crippen LogP contribution in [0.3, 0.4) is 0 Å². The van der Waals surface area contributed by atoms with E-state index < -0.39 is 0 Å². The van der Waals surface area contributed by atoms with Crippen LogP contribution in [0.2, 0.25) is 0 Å². The highest BCUT2D eigenvalue weighted by molar-refractivity contribution is 8.02. The zero-order valence-electron chi connectivity index (χ0n) is 7.03. The molecule has 0 amide bonds. The van der Waals surface area contributed by atoms with E-state index in [1.807, 2.05) is 5.41 Å². The Kier molecular flexibility index (Phi) is 3.91. The van der Waals surface area contributed by atoms with E-state index in [4.69, 9.17) is 5.11 Å². The summed E-state index contributed by atoms with van der Waals surface area (Å²) in [6.45, 7) is 2.18. The lowest BCUT2D eigenvalue weighted by molar-refractivity contribution is 0.343. The van der Waals surface area contributed by atoms with Gasteiger partial charge < -0.3 is 5.11 Å². The van der Waals surface area contributed by atoms with Crippen molar-refractivity contribution < 1.29 is 5.11 Å². The molecule has 0 aromatic heterocycles. The topological polar surface area (TPSA) is 20.2 Å². The average Bonchev–Trinajstić information content (AvgIpc) is 2.09. The summed E-state index contributed by atoms with van der Waals surface area (Å²) in [5, 5.41) is 10.4. The maximum Gasteiger partial charge on any atom is 0.0620 e. The van der Waals surface area contributed by atoms with Crippen LogP contribution in [0, 0.1) is 6.92 Å². The van der Waals surface area contributed by atoms with Crippen molar-refractivity contribution in [1.82, 2.24) is 0 Å². The standard InChI is InChI=1S/C10H12OS/c1-9-3-5-10(6-4-9)12-8-2-7-11/h2-6,8,11H,7H2,1H3/b8-2-. The SMILES string of the molecule is Cc1ccc(S/C=C\CO)cc1. The Morgan fingerprint density at radius 3 is 2.58 bits per heavy atom. The van der Waals surface area contributed by atoms with Crippen LogP contribution < -0.4 is 0 Å². The summed E-state index contributed by atoms with van der Waals surface area (Å²) >= 11 is 1.61. The van der Waals surface area contributed by atoms with Gasteiger partial charge in [-0.15, -0.1) is 0 Å². The van der Waals surface area contributed by atoms with E-state index in [0.717, 1.165) is 0 Å². The van der Waals surface area contributed by atoms with Gasteiger partial charge in [0.15, 0.2) is 0 Å². The van der Waals surface area contributed by atoms with E-state index >= 15 is 0 Å². The fraction of sp³-hybridized carbons (Fsp3) is 0.200. The van der Waals surface area contributed by atoms with Gasteiger partial charge in [-0.2, -0.15) is 0 Å². The molecule has 0 aliphatic carbocycles. The van der Waals surface area contributed by atoms with Crippen molar-refractivity contribution in [3.63, 3.8) is 0 Å². The first-order chi connectivity index (χ1) is 5.83. The van der Waals surface area contributed by atoms with E-state index in [1.54, 1.807) is 17.8 Å². The quantitative estimate of drug-likeness (QED) is 0.721. The summed E-state index contributed by atoms with van der Waals surface area (Å²) in [5.41, 5.74) is 1.27. The molecule has 0 saturated heterocycles. The molecule has 0 spiro atoms. The van der Waals surface area contributed by atoms with Crippen molar-refractivity contribution in [1.29, 1.82) is 0 Å². The molecule has 0 aliphatic heterocycles. The third-order valence-corrected chi connectivity index (χ3v) is 2.30. The van der Waals surface area contributed by atoms with E-state index in [9.17, 15) is 0 Å². The van der Waals surface area contributed by atoms with Gasteiger partial charge in [-0.3, -0.25) is 0 Å². The van der Waals surface area contributed by atoms with Gasteiger partial charge in [0.2, 0.25) is 0 Å². The molecule has 0 unspecified atom stereocenters. The fourth-order valence-corrected chi connectivity index (χ4v) is 1.42. The number of aliphatic hydroxyl groups excluding tert-OH is 1. The monoisotopic (exact) mass is 180 g/mol. The van der Waals surface area contributed by atoms with Crippen LogP contribution in [-0.4, -0.2) is 11.7 Å². The number of aryl methyl sites for hydroxylation is 1. The van der Waals surface area contributed by atoms with Gasteiger partial charge in [0.05, 0.1) is 6.61 Å². The number of rotatable bonds is 3. The molecule has 64 valence electrons. The van der Waals surface area contributed by atoms with Crippen LogP contribution >= 0.6 is 11.8 Å². The van der Waals surface area contributed by atoms with Crippen LogP contribution in [0.25, 0.3) is 0 Å². The zero-order valence-corrected chi connectivity index (χ0v) is 7.84. The smallest absolute Gasteiger partial charge is 0.0620 e. The second-order valence-corrected chi connectivity index (χ2v) is 3.46. The van der Waals surface area contributed by atoms with Crippen molar-refractivity contribution in [2.24, 2.45) is 0 Å². The normalized spacial score (nSPS) is 10.8. The summed E-state index contributed by atoms with van der Waals surface area (Å²) in [6, 6.07) is 8.30. The maximum atomic E-state index is 8.49. The van der Waals surface area contributed by atoms with Crippen LogP contribution in [0.4, 0.5) is 0 Å². The molecule has 0 fully saturated rings. The highest BCUT2D eigenvalue weighted by Gasteiger charge is 1.88. The van der Waals surface area contributed by atoms with Crippen LogP contribution in [-0.2, 0) is 0 Å². The Labute approximate surface area is 77.1 Å². The van der Waals surface area contributed by atoms with Crippen LogP contribution in [0.15, 0.2) is 40.6 Å². The highest BCUT2D eigenvalue weighted by atomic mass is 32.2. The third-order valence-electron chi connectivity index (χ3n) is 1.43. The maximum absolute atomic E-state index is 8.49. The Bertz CT molecular complexity index is 251. The molecule has 0 radical (unpaired) electrons. The van der Waals surface area contributed by atoms with Gasteiger partial charge in [0.1, 0.15) is 0 Å². The minimum atomic E-state index is 0.110. The average molecular weight is 180 g/mol. The molecule has 0 atom stereocenters. The minimum absolute atomic E-state index is 0.110. The van der Waals surface area contributed by atoms with E-state index in [-0.39, 0.29) is 6.61 Å². The van der Waals surface area contributed by atoms with Gasteiger partial charge in [0.25, 0.3) is 0 Å². The first kappa shape index (κ1) is 9.36. The molecule has 2 heteroatoms. The predicted molar refractivity (Wildman–Crippen MR) is 53.3 cm³/mol. The fourth-order valence-electron chi connectivity index (χ4n) is 0.787. The van der Waals surface area contributed by atoms with E-state index in [2.05, 4.69) is 31.2 Å².